The minimum atomic E-state index is 0.278. The van der Waals surface area contributed by atoms with E-state index in [2.05, 4.69) is 37.9 Å². The first kappa shape index (κ1) is 12.0. The summed E-state index contributed by atoms with van der Waals surface area (Å²) in [6.45, 7) is 0. The van der Waals surface area contributed by atoms with Gasteiger partial charge in [0.25, 0.3) is 0 Å². The summed E-state index contributed by atoms with van der Waals surface area (Å²) in [5.41, 5.74) is 0. The molecular formula is C8H18S3. The van der Waals surface area contributed by atoms with Crippen molar-refractivity contribution in [2.45, 2.75) is 43.1 Å². The molecule has 0 amide bonds. The Morgan fingerprint density at radius 3 is 1.91 bits per heavy atom. The van der Waals surface area contributed by atoms with Gasteiger partial charge in [-0.05, 0) is 18.6 Å². The fourth-order valence-electron chi connectivity index (χ4n) is 0.969. The molecule has 0 aliphatic heterocycles. The van der Waals surface area contributed by atoms with Crippen molar-refractivity contribution in [2.24, 2.45) is 0 Å². The van der Waals surface area contributed by atoms with Crippen molar-refractivity contribution in [3.8, 4) is 0 Å². The molecule has 0 aromatic carbocycles. The molecule has 0 heterocycles. The van der Waals surface area contributed by atoms with Crippen LogP contribution in [0.1, 0.15) is 38.5 Å². The second kappa shape index (κ2) is 9.14. The largest absolute Gasteiger partial charge is 0.179 e. The molecule has 0 N–H and O–H groups in total. The standard InChI is InChI=1S/C8H18S3/c9-7-5-3-1-2-4-6-8(10)11/h8-11H,1-7H2. The van der Waals surface area contributed by atoms with Crippen LogP contribution in [0.2, 0.25) is 0 Å². The minimum absolute atomic E-state index is 0.278. The molecule has 0 saturated carbocycles. The predicted octanol–water partition coefficient (Wildman–Crippen LogP) is 3.44. The third kappa shape index (κ3) is 11.0. The van der Waals surface area contributed by atoms with Crippen molar-refractivity contribution in [3.63, 3.8) is 0 Å². The van der Waals surface area contributed by atoms with E-state index in [1.807, 2.05) is 0 Å². The molecule has 0 rings (SSSR count). The summed E-state index contributed by atoms with van der Waals surface area (Å²) >= 11 is 12.5. The van der Waals surface area contributed by atoms with E-state index in [0.717, 1.165) is 12.2 Å². The highest BCUT2D eigenvalue weighted by molar-refractivity contribution is 7.99. The maximum absolute atomic E-state index is 4.19. The van der Waals surface area contributed by atoms with Crippen molar-refractivity contribution in [1.82, 2.24) is 0 Å². The molecular weight excluding hydrogens is 192 g/mol. The summed E-state index contributed by atoms with van der Waals surface area (Å²) in [5, 5.41) is 0. The van der Waals surface area contributed by atoms with E-state index < -0.39 is 0 Å². The topological polar surface area (TPSA) is 0 Å². The molecule has 0 bridgehead atoms. The van der Waals surface area contributed by atoms with E-state index >= 15 is 0 Å². The molecule has 0 fully saturated rings. The van der Waals surface area contributed by atoms with Gasteiger partial charge < -0.3 is 0 Å². The summed E-state index contributed by atoms with van der Waals surface area (Å²) in [7, 11) is 0. The molecule has 0 radical (unpaired) electrons. The van der Waals surface area contributed by atoms with Crippen LogP contribution >= 0.6 is 37.9 Å². The highest BCUT2D eigenvalue weighted by atomic mass is 32.2. The fraction of sp³-hybridized carbons (Fsp3) is 1.00. The monoisotopic (exact) mass is 210 g/mol. The summed E-state index contributed by atoms with van der Waals surface area (Å²) in [4.78, 5) is 0. The van der Waals surface area contributed by atoms with Gasteiger partial charge in [-0.25, -0.2) is 0 Å². The molecule has 0 saturated heterocycles. The van der Waals surface area contributed by atoms with Gasteiger partial charge >= 0.3 is 0 Å². The summed E-state index contributed by atoms with van der Waals surface area (Å²) in [6.07, 6.45) is 7.65. The molecule has 0 nitrogen and oxygen atoms in total. The molecule has 0 aliphatic carbocycles. The molecule has 0 unspecified atom stereocenters. The number of thiol groups is 3. The minimum Gasteiger partial charge on any atom is -0.179 e. The van der Waals surface area contributed by atoms with E-state index in [0.29, 0.717) is 0 Å². The number of unbranched alkanes of at least 4 members (excludes halogenated alkanes) is 4. The number of rotatable bonds is 7. The van der Waals surface area contributed by atoms with E-state index in [1.54, 1.807) is 0 Å². The Labute approximate surface area is 86.8 Å². The fourth-order valence-corrected chi connectivity index (χ4v) is 1.56. The molecule has 3 heteroatoms. The van der Waals surface area contributed by atoms with Crippen LogP contribution in [0.5, 0.6) is 0 Å². The third-order valence-electron chi connectivity index (χ3n) is 1.62. The maximum Gasteiger partial charge on any atom is 0.0442 e. The normalized spacial score (nSPS) is 10.9. The first-order chi connectivity index (χ1) is 5.27. The zero-order chi connectivity index (χ0) is 8.53. The Balaban J connectivity index is 2.80. The van der Waals surface area contributed by atoms with Gasteiger partial charge in [0.15, 0.2) is 0 Å². The van der Waals surface area contributed by atoms with Crippen LogP contribution in [0.4, 0.5) is 0 Å². The van der Waals surface area contributed by atoms with Crippen LogP contribution in [-0.2, 0) is 0 Å². The van der Waals surface area contributed by atoms with E-state index in [-0.39, 0.29) is 4.58 Å². The molecule has 68 valence electrons. The van der Waals surface area contributed by atoms with Gasteiger partial charge in [0.1, 0.15) is 0 Å². The zero-order valence-electron chi connectivity index (χ0n) is 6.87. The highest BCUT2D eigenvalue weighted by Gasteiger charge is 1.94. The average molecular weight is 210 g/mol. The molecule has 0 spiro atoms. The molecule has 0 aliphatic rings. The quantitative estimate of drug-likeness (QED) is 0.320. The lowest BCUT2D eigenvalue weighted by atomic mass is 10.1. The van der Waals surface area contributed by atoms with Crippen LogP contribution in [0.3, 0.4) is 0 Å². The van der Waals surface area contributed by atoms with E-state index in [4.69, 9.17) is 0 Å². The van der Waals surface area contributed by atoms with Crippen LogP contribution < -0.4 is 0 Å². The van der Waals surface area contributed by atoms with Crippen LogP contribution in [-0.4, -0.2) is 10.3 Å². The van der Waals surface area contributed by atoms with Gasteiger partial charge in [0, 0.05) is 4.58 Å². The first-order valence-corrected chi connectivity index (χ1v) is 5.91. The zero-order valence-corrected chi connectivity index (χ0v) is 9.55. The predicted molar refractivity (Wildman–Crippen MR) is 63.3 cm³/mol. The first-order valence-electron chi connectivity index (χ1n) is 4.24. The Bertz CT molecular complexity index is 73.7. The Morgan fingerprint density at radius 1 is 0.818 bits per heavy atom. The van der Waals surface area contributed by atoms with Gasteiger partial charge in [0.2, 0.25) is 0 Å². The summed E-state index contributed by atoms with van der Waals surface area (Å²) in [5.74, 6) is 1.03. The Kier molecular flexibility index (Phi) is 10.0. The highest BCUT2D eigenvalue weighted by Crippen LogP contribution is 2.12. The third-order valence-corrected chi connectivity index (χ3v) is 2.45. The van der Waals surface area contributed by atoms with Gasteiger partial charge in [-0.3, -0.25) is 0 Å². The van der Waals surface area contributed by atoms with Crippen molar-refractivity contribution in [3.05, 3.63) is 0 Å². The molecule has 0 aromatic heterocycles. The SMILES string of the molecule is SCCCCCCCC(S)S. The van der Waals surface area contributed by atoms with Gasteiger partial charge in [-0.2, -0.15) is 37.9 Å². The lowest BCUT2D eigenvalue weighted by molar-refractivity contribution is 0.625. The van der Waals surface area contributed by atoms with Crippen LogP contribution in [0, 0.1) is 0 Å². The Morgan fingerprint density at radius 2 is 1.36 bits per heavy atom. The summed E-state index contributed by atoms with van der Waals surface area (Å²) < 4.78 is 0.278. The van der Waals surface area contributed by atoms with Gasteiger partial charge in [0.05, 0.1) is 0 Å². The van der Waals surface area contributed by atoms with Crippen LogP contribution in [0.15, 0.2) is 0 Å². The second-order valence-electron chi connectivity index (χ2n) is 2.76. The van der Waals surface area contributed by atoms with E-state index in [9.17, 15) is 0 Å². The molecule has 0 atom stereocenters. The smallest absolute Gasteiger partial charge is 0.0442 e. The average Bonchev–Trinajstić information content (AvgIpc) is 1.96. The summed E-state index contributed by atoms with van der Waals surface area (Å²) in [6, 6.07) is 0. The Hall–Kier alpha value is 1.05. The lowest BCUT2D eigenvalue weighted by Crippen LogP contribution is -1.87. The van der Waals surface area contributed by atoms with Crippen molar-refractivity contribution >= 4 is 37.9 Å². The van der Waals surface area contributed by atoms with Crippen molar-refractivity contribution in [1.29, 1.82) is 0 Å². The maximum atomic E-state index is 4.19. The van der Waals surface area contributed by atoms with Gasteiger partial charge in [-0.1, -0.05) is 25.7 Å². The van der Waals surface area contributed by atoms with Gasteiger partial charge in [-0.15, -0.1) is 0 Å². The number of hydrogen-bond donors (Lipinski definition) is 3. The second-order valence-corrected chi connectivity index (χ2v) is 4.86. The van der Waals surface area contributed by atoms with Crippen molar-refractivity contribution in [2.75, 3.05) is 5.75 Å². The van der Waals surface area contributed by atoms with E-state index in [1.165, 1.54) is 32.1 Å². The molecule has 0 aromatic rings. The lowest BCUT2D eigenvalue weighted by Gasteiger charge is -2.02. The van der Waals surface area contributed by atoms with Crippen molar-refractivity contribution < 1.29 is 0 Å². The molecule has 11 heavy (non-hydrogen) atoms. The number of hydrogen-bond acceptors (Lipinski definition) is 3. The van der Waals surface area contributed by atoms with Crippen LogP contribution in [0.25, 0.3) is 0 Å².